The van der Waals surface area contributed by atoms with E-state index in [1.54, 1.807) is 6.07 Å². The van der Waals surface area contributed by atoms with Gasteiger partial charge in [0.1, 0.15) is 0 Å². The zero-order valence-corrected chi connectivity index (χ0v) is 11.5. The summed E-state index contributed by atoms with van der Waals surface area (Å²) in [7, 11) is 0. The van der Waals surface area contributed by atoms with E-state index in [9.17, 15) is 15.2 Å². The number of halogens is 1. The molecule has 0 spiro atoms. The van der Waals surface area contributed by atoms with Crippen LogP contribution >= 0.6 is 15.9 Å². The van der Waals surface area contributed by atoms with Gasteiger partial charge in [-0.05, 0) is 40.3 Å². The van der Waals surface area contributed by atoms with Crippen molar-refractivity contribution >= 4 is 21.6 Å². The highest BCUT2D eigenvalue weighted by Gasteiger charge is 2.16. The first kappa shape index (κ1) is 14.1. The molecular formula is C12H16BrNO3. The molecular weight excluding hydrogens is 286 g/mol. The highest BCUT2D eigenvalue weighted by atomic mass is 79.9. The van der Waals surface area contributed by atoms with Gasteiger partial charge in [-0.2, -0.15) is 0 Å². The number of nitrogens with zero attached hydrogens (tertiary/aromatic N) is 1. The van der Waals surface area contributed by atoms with Crippen molar-refractivity contribution in [2.75, 3.05) is 0 Å². The molecule has 0 bridgehead atoms. The summed E-state index contributed by atoms with van der Waals surface area (Å²) in [6.45, 7) is 3.90. The fourth-order valence-corrected chi connectivity index (χ4v) is 2.14. The lowest BCUT2D eigenvalue weighted by Gasteiger charge is -2.14. The van der Waals surface area contributed by atoms with Crippen LogP contribution in [0.2, 0.25) is 0 Å². The molecule has 1 aromatic carbocycles. The average molecular weight is 302 g/mol. The van der Waals surface area contributed by atoms with Crippen molar-refractivity contribution in [3.63, 3.8) is 0 Å². The monoisotopic (exact) mass is 301 g/mol. The van der Waals surface area contributed by atoms with Crippen LogP contribution in [0, 0.1) is 16.0 Å². The molecule has 1 unspecified atom stereocenters. The Labute approximate surface area is 109 Å². The van der Waals surface area contributed by atoms with Crippen molar-refractivity contribution < 1.29 is 10.0 Å². The van der Waals surface area contributed by atoms with E-state index >= 15 is 0 Å². The zero-order chi connectivity index (χ0) is 13.0. The Balaban J connectivity index is 2.79. The molecule has 1 N–H and O–H groups in total. The Morgan fingerprint density at radius 3 is 2.65 bits per heavy atom. The van der Waals surface area contributed by atoms with E-state index in [2.05, 4.69) is 15.9 Å². The van der Waals surface area contributed by atoms with Gasteiger partial charge in [0.25, 0.3) is 5.69 Å². The fourth-order valence-electron chi connectivity index (χ4n) is 1.54. The van der Waals surface area contributed by atoms with Crippen LogP contribution in [0.15, 0.2) is 22.7 Å². The molecule has 0 aromatic heterocycles. The summed E-state index contributed by atoms with van der Waals surface area (Å²) >= 11 is 3.25. The molecule has 0 aliphatic rings. The lowest BCUT2D eigenvalue weighted by Crippen LogP contribution is -2.15. The fraction of sp³-hybridized carbons (Fsp3) is 0.500. The van der Waals surface area contributed by atoms with Gasteiger partial charge in [0.2, 0.25) is 0 Å². The first-order valence-electron chi connectivity index (χ1n) is 5.53. The number of aliphatic hydroxyl groups excluding tert-OH is 1. The van der Waals surface area contributed by atoms with E-state index in [0.717, 1.165) is 5.56 Å². The van der Waals surface area contributed by atoms with Crippen LogP contribution in [0.1, 0.15) is 25.8 Å². The largest absolute Gasteiger partial charge is 0.393 e. The molecule has 0 heterocycles. The third kappa shape index (κ3) is 3.78. The third-order valence-corrected chi connectivity index (χ3v) is 3.65. The van der Waals surface area contributed by atoms with Gasteiger partial charge in [-0.1, -0.05) is 26.0 Å². The molecule has 4 nitrogen and oxygen atoms in total. The van der Waals surface area contributed by atoms with Crippen LogP contribution in [0.25, 0.3) is 0 Å². The lowest BCUT2D eigenvalue weighted by molar-refractivity contribution is -0.385. The maximum Gasteiger partial charge on any atom is 0.283 e. The Kier molecular flexibility index (Phi) is 5.08. The van der Waals surface area contributed by atoms with Crippen LogP contribution in [0.3, 0.4) is 0 Å². The Morgan fingerprint density at radius 1 is 1.47 bits per heavy atom. The molecule has 1 atom stereocenters. The number of hydrogen-bond acceptors (Lipinski definition) is 3. The predicted molar refractivity (Wildman–Crippen MR) is 70.0 cm³/mol. The Hall–Kier alpha value is -0.940. The number of rotatable bonds is 5. The highest BCUT2D eigenvalue weighted by molar-refractivity contribution is 9.10. The van der Waals surface area contributed by atoms with E-state index in [-0.39, 0.29) is 17.7 Å². The molecule has 0 radical (unpaired) electrons. The predicted octanol–water partition coefficient (Wildman–Crippen LogP) is 3.31. The average Bonchev–Trinajstić information content (AvgIpc) is 2.26. The minimum atomic E-state index is -0.410. The zero-order valence-electron chi connectivity index (χ0n) is 9.89. The summed E-state index contributed by atoms with van der Waals surface area (Å²) in [6, 6.07) is 4.97. The number of nitro benzene ring substituents is 1. The number of aryl methyl sites for hydroxylation is 1. The summed E-state index contributed by atoms with van der Waals surface area (Å²) in [6.07, 6.45) is 0.861. The molecule has 1 aromatic rings. The first-order valence-corrected chi connectivity index (χ1v) is 6.32. The van der Waals surface area contributed by atoms with E-state index in [4.69, 9.17) is 0 Å². The minimum absolute atomic E-state index is 0.0709. The molecule has 0 fully saturated rings. The van der Waals surface area contributed by atoms with Gasteiger partial charge in [-0.25, -0.2) is 0 Å². The normalized spacial score (nSPS) is 12.8. The molecule has 0 amide bonds. The van der Waals surface area contributed by atoms with E-state index < -0.39 is 4.92 Å². The van der Waals surface area contributed by atoms with Crippen LogP contribution in [0.5, 0.6) is 0 Å². The molecule has 94 valence electrons. The van der Waals surface area contributed by atoms with Crippen LogP contribution in [-0.4, -0.2) is 16.1 Å². The second-order valence-corrected chi connectivity index (χ2v) is 5.15. The first-order chi connectivity index (χ1) is 7.93. The van der Waals surface area contributed by atoms with Crippen molar-refractivity contribution in [2.24, 2.45) is 5.92 Å². The van der Waals surface area contributed by atoms with Gasteiger partial charge < -0.3 is 5.11 Å². The number of nitro groups is 1. The van der Waals surface area contributed by atoms with Crippen molar-refractivity contribution in [1.82, 2.24) is 0 Å². The van der Waals surface area contributed by atoms with Crippen LogP contribution in [0.4, 0.5) is 5.69 Å². The summed E-state index contributed by atoms with van der Waals surface area (Å²) in [5, 5.41) is 20.5. The van der Waals surface area contributed by atoms with Gasteiger partial charge in [-0.3, -0.25) is 10.1 Å². The van der Waals surface area contributed by atoms with Gasteiger partial charge in [-0.15, -0.1) is 0 Å². The maximum atomic E-state index is 10.7. The summed E-state index contributed by atoms with van der Waals surface area (Å²) in [4.78, 5) is 10.3. The molecule has 1 rings (SSSR count). The number of benzene rings is 1. The van der Waals surface area contributed by atoms with Crippen molar-refractivity contribution in [2.45, 2.75) is 32.8 Å². The van der Waals surface area contributed by atoms with Crippen LogP contribution in [-0.2, 0) is 6.42 Å². The standard InChI is InChI=1S/C12H16BrNO3/c1-8(2)11(15)7-6-9-4-3-5-10(12(9)13)14(16)17/h3-5,8,11,15H,6-7H2,1-2H3. The van der Waals surface area contributed by atoms with Gasteiger partial charge in [0, 0.05) is 6.07 Å². The lowest BCUT2D eigenvalue weighted by atomic mass is 9.99. The summed E-state index contributed by atoms with van der Waals surface area (Å²) in [5.41, 5.74) is 0.931. The molecule has 0 aliphatic carbocycles. The summed E-state index contributed by atoms with van der Waals surface area (Å²) in [5.74, 6) is 0.201. The number of aliphatic hydroxyl groups is 1. The topological polar surface area (TPSA) is 63.4 Å². The van der Waals surface area contributed by atoms with E-state index in [1.807, 2.05) is 19.9 Å². The second-order valence-electron chi connectivity index (χ2n) is 4.36. The second kappa shape index (κ2) is 6.12. The SMILES string of the molecule is CC(C)C(O)CCc1cccc([N+](=O)[O-])c1Br. The Bertz CT molecular complexity index is 407. The van der Waals surface area contributed by atoms with Gasteiger partial charge in [0.05, 0.1) is 15.5 Å². The van der Waals surface area contributed by atoms with Crippen molar-refractivity contribution in [3.05, 3.63) is 38.3 Å². The van der Waals surface area contributed by atoms with E-state index in [1.165, 1.54) is 6.07 Å². The van der Waals surface area contributed by atoms with Gasteiger partial charge in [0.15, 0.2) is 0 Å². The number of hydrogen-bond donors (Lipinski definition) is 1. The summed E-state index contributed by atoms with van der Waals surface area (Å²) < 4.78 is 0.515. The molecule has 0 saturated carbocycles. The smallest absolute Gasteiger partial charge is 0.283 e. The van der Waals surface area contributed by atoms with E-state index in [0.29, 0.717) is 17.3 Å². The van der Waals surface area contributed by atoms with Gasteiger partial charge >= 0.3 is 0 Å². The Morgan fingerprint density at radius 2 is 2.12 bits per heavy atom. The quantitative estimate of drug-likeness (QED) is 0.670. The van der Waals surface area contributed by atoms with Crippen LogP contribution < -0.4 is 0 Å². The molecule has 5 heteroatoms. The molecule has 17 heavy (non-hydrogen) atoms. The highest BCUT2D eigenvalue weighted by Crippen LogP contribution is 2.29. The van der Waals surface area contributed by atoms with Crippen molar-refractivity contribution in [1.29, 1.82) is 0 Å². The van der Waals surface area contributed by atoms with Crippen molar-refractivity contribution in [3.8, 4) is 0 Å². The molecule has 0 aliphatic heterocycles. The third-order valence-electron chi connectivity index (χ3n) is 2.73. The maximum absolute atomic E-state index is 10.7. The molecule has 0 saturated heterocycles. The minimum Gasteiger partial charge on any atom is -0.393 e.